The van der Waals surface area contributed by atoms with Gasteiger partial charge in [0.05, 0.1) is 14.2 Å². The van der Waals surface area contributed by atoms with Gasteiger partial charge >= 0.3 is 0 Å². The summed E-state index contributed by atoms with van der Waals surface area (Å²) in [6, 6.07) is 19.8. The molecule has 6 nitrogen and oxygen atoms in total. The molecule has 0 N–H and O–H groups in total. The number of fused-ring (bicyclic) bond motifs is 1. The fourth-order valence-corrected chi connectivity index (χ4v) is 3.90. The van der Waals surface area contributed by atoms with Gasteiger partial charge in [-0.3, -0.25) is 9.69 Å². The first-order chi connectivity index (χ1) is 15.2. The maximum Gasteiger partial charge on any atom is 0.260 e. The Balaban J connectivity index is 1.28. The molecule has 0 aliphatic carbocycles. The average Bonchev–Trinajstić information content (AvgIpc) is 2.82. The lowest BCUT2D eigenvalue weighted by molar-refractivity contribution is -0.135. The van der Waals surface area contributed by atoms with Crippen LogP contribution in [-0.2, 0) is 11.3 Å². The van der Waals surface area contributed by atoms with Gasteiger partial charge in [0.2, 0.25) is 0 Å². The Labute approximate surface area is 182 Å². The summed E-state index contributed by atoms with van der Waals surface area (Å²) < 4.78 is 16.6. The molecule has 0 spiro atoms. The molecule has 0 radical (unpaired) electrons. The van der Waals surface area contributed by atoms with Gasteiger partial charge in [-0.1, -0.05) is 30.3 Å². The first kappa shape index (κ1) is 21.0. The van der Waals surface area contributed by atoms with Crippen molar-refractivity contribution in [2.75, 3.05) is 47.0 Å². The smallest absolute Gasteiger partial charge is 0.260 e. The lowest BCUT2D eigenvalue weighted by Crippen LogP contribution is -2.49. The summed E-state index contributed by atoms with van der Waals surface area (Å²) >= 11 is 0. The number of carbonyl (C=O) groups is 1. The van der Waals surface area contributed by atoms with Gasteiger partial charge in [0.15, 0.2) is 6.61 Å². The van der Waals surface area contributed by atoms with Crippen LogP contribution in [0.3, 0.4) is 0 Å². The van der Waals surface area contributed by atoms with Gasteiger partial charge in [-0.15, -0.1) is 0 Å². The second kappa shape index (κ2) is 9.71. The maximum atomic E-state index is 12.6. The Morgan fingerprint density at radius 1 is 0.839 bits per heavy atom. The molecule has 1 amide bonds. The van der Waals surface area contributed by atoms with Gasteiger partial charge in [-0.25, -0.2) is 0 Å². The number of benzene rings is 3. The number of nitrogens with zero attached hydrogens (tertiary/aromatic N) is 2. The van der Waals surface area contributed by atoms with E-state index in [0.29, 0.717) is 13.1 Å². The van der Waals surface area contributed by atoms with Gasteiger partial charge in [0.25, 0.3) is 5.91 Å². The Morgan fingerprint density at radius 2 is 1.58 bits per heavy atom. The minimum absolute atomic E-state index is 0.0202. The van der Waals surface area contributed by atoms with Crippen molar-refractivity contribution in [1.82, 2.24) is 9.80 Å². The highest BCUT2D eigenvalue weighted by molar-refractivity contribution is 5.84. The summed E-state index contributed by atoms with van der Waals surface area (Å²) in [5.41, 5.74) is 1.08. The number of carbonyl (C=O) groups excluding carboxylic acids is 1. The molecule has 0 unspecified atom stereocenters. The van der Waals surface area contributed by atoms with Crippen molar-refractivity contribution in [2.45, 2.75) is 6.54 Å². The number of piperazine rings is 1. The SMILES string of the molecule is COc1ccc(OC)c(CN2CCN(C(=O)COc3ccc4ccccc4c3)CC2)c1. The fourth-order valence-electron chi connectivity index (χ4n) is 3.90. The summed E-state index contributed by atoms with van der Waals surface area (Å²) in [5, 5.41) is 2.26. The molecular formula is C25H28N2O4. The lowest BCUT2D eigenvalue weighted by Gasteiger charge is -2.35. The first-order valence-corrected chi connectivity index (χ1v) is 10.5. The van der Waals surface area contributed by atoms with Gasteiger partial charge in [0.1, 0.15) is 17.2 Å². The van der Waals surface area contributed by atoms with E-state index < -0.39 is 0 Å². The lowest BCUT2D eigenvalue weighted by atomic mass is 10.1. The van der Waals surface area contributed by atoms with Crippen molar-refractivity contribution in [1.29, 1.82) is 0 Å². The van der Waals surface area contributed by atoms with Crippen LogP contribution < -0.4 is 14.2 Å². The van der Waals surface area contributed by atoms with Crippen LogP contribution >= 0.6 is 0 Å². The van der Waals surface area contributed by atoms with E-state index >= 15 is 0 Å². The Kier molecular flexibility index (Phi) is 6.57. The Hall–Kier alpha value is -3.25. The number of rotatable bonds is 7. The number of amides is 1. The van der Waals surface area contributed by atoms with Crippen molar-refractivity contribution in [3.63, 3.8) is 0 Å². The van der Waals surface area contributed by atoms with Crippen LogP contribution in [0.5, 0.6) is 17.2 Å². The van der Waals surface area contributed by atoms with Gasteiger partial charge < -0.3 is 19.1 Å². The molecule has 3 aromatic carbocycles. The largest absolute Gasteiger partial charge is 0.497 e. The zero-order chi connectivity index (χ0) is 21.6. The van der Waals surface area contributed by atoms with E-state index in [1.54, 1.807) is 14.2 Å². The normalized spacial score (nSPS) is 14.5. The van der Waals surface area contributed by atoms with Crippen LogP contribution in [0.15, 0.2) is 60.7 Å². The van der Waals surface area contributed by atoms with E-state index in [1.165, 1.54) is 0 Å². The van der Waals surface area contributed by atoms with Gasteiger partial charge in [-0.05, 0) is 41.1 Å². The van der Waals surface area contributed by atoms with Crippen LogP contribution in [0.1, 0.15) is 5.56 Å². The van der Waals surface area contributed by atoms with Crippen molar-refractivity contribution < 1.29 is 19.0 Å². The van der Waals surface area contributed by atoms with E-state index in [4.69, 9.17) is 14.2 Å². The number of hydrogen-bond acceptors (Lipinski definition) is 5. The van der Waals surface area contributed by atoms with E-state index in [2.05, 4.69) is 11.0 Å². The van der Waals surface area contributed by atoms with Crippen molar-refractivity contribution in [2.24, 2.45) is 0 Å². The monoisotopic (exact) mass is 420 g/mol. The molecule has 1 aliphatic rings. The van der Waals surface area contributed by atoms with Crippen LogP contribution in [-0.4, -0.2) is 62.7 Å². The van der Waals surface area contributed by atoms with Gasteiger partial charge in [-0.2, -0.15) is 0 Å². The molecule has 0 atom stereocenters. The van der Waals surface area contributed by atoms with Crippen molar-refractivity contribution >= 4 is 16.7 Å². The number of methoxy groups -OCH3 is 2. The Morgan fingerprint density at radius 3 is 2.32 bits per heavy atom. The first-order valence-electron chi connectivity index (χ1n) is 10.5. The van der Waals surface area contributed by atoms with E-state index in [0.717, 1.165) is 53.2 Å². The quantitative estimate of drug-likeness (QED) is 0.585. The molecule has 1 aliphatic heterocycles. The predicted molar refractivity (Wildman–Crippen MR) is 121 cm³/mol. The second-order valence-corrected chi connectivity index (χ2v) is 7.63. The highest BCUT2D eigenvalue weighted by Crippen LogP contribution is 2.26. The summed E-state index contributed by atoms with van der Waals surface area (Å²) in [5.74, 6) is 2.40. The van der Waals surface area contributed by atoms with E-state index in [9.17, 15) is 4.79 Å². The number of hydrogen-bond donors (Lipinski definition) is 0. The summed E-state index contributed by atoms with van der Waals surface area (Å²) in [6.07, 6.45) is 0. The molecule has 1 saturated heterocycles. The molecular weight excluding hydrogens is 392 g/mol. The molecule has 0 bridgehead atoms. The van der Waals surface area contributed by atoms with E-state index in [-0.39, 0.29) is 12.5 Å². The third-order valence-corrected chi connectivity index (χ3v) is 5.69. The second-order valence-electron chi connectivity index (χ2n) is 7.63. The molecule has 4 rings (SSSR count). The van der Waals surface area contributed by atoms with Gasteiger partial charge in [0, 0.05) is 38.3 Å². The average molecular weight is 421 g/mol. The Bertz CT molecular complexity index is 1040. The minimum atomic E-state index is 0.0202. The summed E-state index contributed by atoms with van der Waals surface area (Å²) in [6.45, 7) is 3.81. The zero-order valence-corrected chi connectivity index (χ0v) is 18.0. The summed E-state index contributed by atoms with van der Waals surface area (Å²) in [7, 11) is 3.34. The highest BCUT2D eigenvalue weighted by Gasteiger charge is 2.22. The highest BCUT2D eigenvalue weighted by atomic mass is 16.5. The van der Waals surface area contributed by atoms with Crippen molar-refractivity contribution in [3.05, 3.63) is 66.2 Å². The molecule has 162 valence electrons. The molecule has 1 heterocycles. The maximum absolute atomic E-state index is 12.6. The number of ether oxygens (including phenoxy) is 3. The molecule has 0 aromatic heterocycles. The van der Waals surface area contributed by atoms with Crippen LogP contribution in [0.4, 0.5) is 0 Å². The molecule has 0 saturated carbocycles. The summed E-state index contributed by atoms with van der Waals surface area (Å²) in [4.78, 5) is 16.8. The molecule has 3 aromatic rings. The van der Waals surface area contributed by atoms with Crippen LogP contribution in [0, 0.1) is 0 Å². The van der Waals surface area contributed by atoms with Crippen molar-refractivity contribution in [3.8, 4) is 17.2 Å². The molecule has 6 heteroatoms. The zero-order valence-electron chi connectivity index (χ0n) is 18.0. The minimum Gasteiger partial charge on any atom is -0.497 e. The van der Waals surface area contributed by atoms with Crippen LogP contribution in [0.25, 0.3) is 10.8 Å². The topological polar surface area (TPSA) is 51.2 Å². The molecule has 1 fully saturated rings. The standard InChI is InChI=1S/C25H28N2O4/c1-29-22-9-10-24(30-2)21(16-22)17-26-11-13-27(14-12-26)25(28)18-31-23-8-7-19-5-3-4-6-20(19)15-23/h3-10,15-16H,11-14,17-18H2,1-2H3. The fraction of sp³-hybridized carbons (Fsp3) is 0.320. The van der Waals surface area contributed by atoms with Crippen LogP contribution in [0.2, 0.25) is 0 Å². The third kappa shape index (κ3) is 5.09. The third-order valence-electron chi connectivity index (χ3n) is 5.69. The van der Waals surface area contributed by atoms with E-state index in [1.807, 2.05) is 59.5 Å². The molecule has 31 heavy (non-hydrogen) atoms. The predicted octanol–water partition coefficient (Wildman–Crippen LogP) is 3.58.